The number of unbranched alkanes of at least 4 members (excludes halogenated alkanes) is 15. The van der Waals surface area contributed by atoms with Gasteiger partial charge in [0.15, 0.2) is 18.9 Å². The van der Waals surface area contributed by atoms with E-state index in [9.17, 15) is 14.3 Å². The lowest BCUT2D eigenvalue weighted by Gasteiger charge is -2.24. The molecule has 1 aromatic heterocycles. The van der Waals surface area contributed by atoms with Gasteiger partial charge in [0.25, 0.3) is 0 Å². The topological polar surface area (TPSA) is 115 Å². The molecule has 3 unspecified atom stereocenters. The van der Waals surface area contributed by atoms with Gasteiger partial charge in [-0.1, -0.05) is 123 Å². The van der Waals surface area contributed by atoms with Crippen LogP contribution in [0.15, 0.2) is 30.6 Å². The number of carboxylic acids is 1. The van der Waals surface area contributed by atoms with Crippen LogP contribution in [0, 0.1) is 0 Å². The number of aliphatic carboxylic acids is 1. The molecule has 9 nitrogen and oxygen atoms in total. The Bertz CT molecular complexity index is 875. The molecule has 0 bridgehead atoms. The highest BCUT2D eigenvalue weighted by Crippen LogP contribution is 2.43. The summed E-state index contributed by atoms with van der Waals surface area (Å²) in [6.07, 6.45) is 26.8. The zero-order valence-electron chi connectivity index (χ0n) is 29.2. The second-order valence-corrected chi connectivity index (χ2v) is 14.0. The molecule has 268 valence electrons. The Hall–Kier alpha value is -1.35. The van der Waals surface area contributed by atoms with Crippen molar-refractivity contribution in [2.75, 3.05) is 26.4 Å². The fourth-order valence-electron chi connectivity index (χ4n) is 5.40. The Morgan fingerprint density at radius 3 is 1.74 bits per heavy atom. The van der Waals surface area contributed by atoms with Gasteiger partial charge >= 0.3 is 13.8 Å². The summed E-state index contributed by atoms with van der Waals surface area (Å²) in [5.41, 5.74) is 0. The first-order valence-corrected chi connectivity index (χ1v) is 19.9. The van der Waals surface area contributed by atoms with E-state index in [1.165, 1.54) is 89.9 Å². The van der Waals surface area contributed by atoms with Crippen molar-refractivity contribution < 1.29 is 42.4 Å². The molecule has 1 aromatic rings. The van der Waals surface area contributed by atoms with Crippen LogP contribution in [0.3, 0.4) is 0 Å². The molecule has 0 aliphatic rings. The maximum Gasteiger partial charge on any atom is 0.472 e. The molecule has 0 aromatic carbocycles. The fraction of sp³-hybridized carbons (Fsp3) is 0.833. The Labute approximate surface area is 280 Å². The SMILES string of the molecule is CCCCCCCCCCCCC(CCCCCCCC)OCC(COP(=O)(O)OCC[n+]1ccccc1)OCCCCC(=O)O. The minimum atomic E-state index is -4.29. The zero-order chi connectivity index (χ0) is 33.6. The van der Waals surface area contributed by atoms with Crippen LogP contribution in [0.25, 0.3) is 0 Å². The van der Waals surface area contributed by atoms with Crippen molar-refractivity contribution in [1.29, 1.82) is 0 Å². The van der Waals surface area contributed by atoms with Crippen molar-refractivity contribution >= 4 is 13.8 Å². The third-order valence-electron chi connectivity index (χ3n) is 8.22. The van der Waals surface area contributed by atoms with Crippen LogP contribution in [0.1, 0.15) is 149 Å². The van der Waals surface area contributed by atoms with E-state index in [0.717, 1.165) is 25.7 Å². The van der Waals surface area contributed by atoms with Crippen molar-refractivity contribution in [3.8, 4) is 0 Å². The molecule has 0 saturated heterocycles. The molecule has 0 saturated carbocycles. The molecule has 0 fully saturated rings. The fourth-order valence-corrected chi connectivity index (χ4v) is 6.14. The summed E-state index contributed by atoms with van der Waals surface area (Å²) in [5, 5.41) is 8.93. The van der Waals surface area contributed by atoms with Gasteiger partial charge in [-0.3, -0.25) is 13.8 Å². The van der Waals surface area contributed by atoms with Crippen LogP contribution < -0.4 is 4.57 Å². The number of nitrogens with zero attached hydrogens (tertiary/aromatic N) is 1. The number of phosphoric ester groups is 1. The maximum atomic E-state index is 12.6. The van der Waals surface area contributed by atoms with Gasteiger partial charge in [-0.15, -0.1) is 0 Å². The standard InChI is InChI=1S/C36H66NO8P/c1-3-5-7-9-11-12-13-14-16-19-25-34(24-18-15-10-8-6-4-2)43-32-35(42-30-23-20-26-36(38)39)33-45-46(40,41)44-31-29-37-27-21-17-22-28-37/h17,21-22,27-28,34-35H,3-16,18-20,23-26,29-33H2,1-2H3,(H-,38,39,40,41)/p+1. The number of hydrogen-bond acceptors (Lipinski definition) is 6. The number of rotatable bonds is 34. The van der Waals surface area contributed by atoms with Crippen LogP contribution >= 0.6 is 7.82 Å². The number of carboxylic acid groups (broad SMARTS) is 1. The molecule has 0 amide bonds. The predicted molar refractivity (Wildman–Crippen MR) is 184 cm³/mol. The highest BCUT2D eigenvalue weighted by Gasteiger charge is 2.25. The van der Waals surface area contributed by atoms with Gasteiger partial charge in [0.1, 0.15) is 12.7 Å². The van der Waals surface area contributed by atoms with E-state index in [0.29, 0.717) is 26.0 Å². The number of carbonyl (C=O) groups is 1. The third kappa shape index (κ3) is 26.7. The molecule has 1 rings (SSSR count). The van der Waals surface area contributed by atoms with Crippen LogP contribution in [-0.2, 0) is 34.4 Å². The van der Waals surface area contributed by atoms with Crippen molar-refractivity contribution in [1.82, 2.24) is 0 Å². The molecule has 46 heavy (non-hydrogen) atoms. The summed E-state index contributed by atoms with van der Waals surface area (Å²) >= 11 is 0. The summed E-state index contributed by atoms with van der Waals surface area (Å²) in [6.45, 7) is 5.36. The Balaban J connectivity index is 2.59. The van der Waals surface area contributed by atoms with Crippen molar-refractivity contribution in [2.45, 2.75) is 167 Å². The molecule has 2 N–H and O–H groups in total. The lowest BCUT2D eigenvalue weighted by molar-refractivity contribution is -0.697. The van der Waals surface area contributed by atoms with Gasteiger partial charge in [-0.25, -0.2) is 9.13 Å². The average Bonchev–Trinajstić information content (AvgIpc) is 3.04. The zero-order valence-corrected chi connectivity index (χ0v) is 30.1. The molecule has 3 atom stereocenters. The summed E-state index contributed by atoms with van der Waals surface area (Å²) in [4.78, 5) is 21.2. The van der Waals surface area contributed by atoms with Crippen molar-refractivity contribution in [3.63, 3.8) is 0 Å². The first-order valence-electron chi connectivity index (χ1n) is 18.4. The summed E-state index contributed by atoms with van der Waals surface area (Å²) in [7, 11) is -4.29. The lowest BCUT2D eigenvalue weighted by Crippen LogP contribution is -2.34. The minimum absolute atomic E-state index is 0.0266. The number of aromatic nitrogens is 1. The Kier molecular flexibility index (Phi) is 27.6. The van der Waals surface area contributed by atoms with Crippen LogP contribution in [-0.4, -0.2) is 54.6 Å². The molecule has 0 radical (unpaired) electrons. The first-order chi connectivity index (χ1) is 22.4. The monoisotopic (exact) mass is 672 g/mol. The van der Waals surface area contributed by atoms with E-state index < -0.39 is 19.9 Å². The molecular weight excluding hydrogens is 605 g/mol. The average molecular weight is 673 g/mol. The normalized spacial score (nSPS) is 14.2. The van der Waals surface area contributed by atoms with Crippen molar-refractivity contribution in [3.05, 3.63) is 30.6 Å². The van der Waals surface area contributed by atoms with Crippen LogP contribution in [0.2, 0.25) is 0 Å². The van der Waals surface area contributed by atoms with E-state index in [1.54, 1.807) is 0 Å². The van der Waals surface area contributed by atoms with Gasteiger partial charge in [-0.05, 0) is 25.7 Å². The van der Waals surface area contributed by atoms with E-state index in [4.69, 9.17) is 23.6 Å². The molecular formula is C36H67NO8P+. The van der Waals surface area contributed by atoms with Crippen LogP contribution in [0.4, 0.5) is 0 Å². The second kappa shape index (κ2) is 29.8. The molecule has 0 aliphatic heterocycles. The molecule has 1 heterocycles. The minimum Gasteiger partial charge on any atom is -0.481 e. The van der Waals surface area contributed by atoms with E-state index in [-0.39, 0.29) is 32.3 Å². The smallest absolute Gasteiger partial charge is 0.472 e. The predicted octanol–water partition coefficient (Wildman–Crippen LogP) is 9.19. The van der Waals surface area contributed by atoms with E-state index >= 15 is 0 Å². The summed E-state index contributed by atoms with van der Waals surface area (Å²) in [6, 6.07) is 5.66. The maximum absolute atomic E-state index is 12.6. The quantitative estimate of drug-likeness (QED) is 0.0423. The molecule has 0 spiro atoms. The third-order valence-corrected chi connectivity index (χ3v) is 9.20. The van der Waals surface area contributed by atoms with Crippen LogP contribution in [0.5, 0.6) is 0 Å². The molecule has 10 heteroatoms. The number of pyridine rings is 1. The lowest BCUT2D eigenvalue weighted by atomic mass is 10.0. The van der Waals surface area contributed by atoms with Crippen molar-refractivity contribution in [2.24, 2.45) is 0 Å². The second-order valence-electron chi connectivity index (χ2n) is 12.5. The number of phosphoric acid groups is 1. The van der Waals surface area contributed by atoms with Gasteiger partial charge in [0.05, 0.1) is 19.3 Å². The Morgan fingerprint density at radius 2 is 1.20 bits per heavy atom. The van der Waals surface area contributed by atoms with Gasteiger partial charge in [0.2, 0.25) is 0 Å². The first kappa shape index (κ1) is 42.7. The highest BCUT2D eigenvalue weighted by atomic mass is 31.2. The Morgan fingerprint density at radius 1 is 0.652 bits per heavy atom. The highest BCUT2D eigenvalue weighted by molar-refractivity contribution is 7.47. The summed E-state index contributed by atoms with van der Waals surface area (Å²) in [5.74, 6) is -0.834. The number of hydrogen-bond donors (Lipinski definition) is 2. The van der Waals surface area contributed by atoms with Gasteiger partial charge in [0, 0.05) is 25.2 Å². The summed E-state index contributed by atoms with van der Waals surface area (Å²) < 4.78 is 37.4. The number of ether oxygens (including phenoxy) is 2. The molecule has 0 aliphatic carbocycles. The van der Waals surface area contributed by atoms with Gasteiger partial charge in [-0.2, -0.15) is 0 Å². The van der Waals surface area contributed by atoms with E-state index in [2.05, 4.69) is 13.8 Å². The van der Waals surface area contributed by atoms with Gasteiger partial charge < -0.3 is 19.5 Å². The van der Waals surface area contributed by atoms with E-state index in [1.807, 2.05) is 35.2 Å². The largest absolute Gasteiger partial charge is 0.481 e.